The average Bonchev–Trinajstić information content (AvgIpc) is 2.29. The Kier molecular flexibility index (Phi) is 6.32. The van der Waals surface area contributed by atoms with E-state index in [0.717, 1.165) is 18.5 Å². The second kappa shape index (κ2) is 7.25. The van der Waals surface area contributed by atoms with Gasteiger partial charge in [-0.25, -0.2) is 0 Å². The lowest BCUT2D eigenvalue weighted by Crippen LogP contribution is -2.44. The van der Waals surface area contributed by atoms with E-state index in [-0.39, 0.29) is 0 Å². The monoisotopic (exact) mass is 227 g/mol. The topological polar surface area (TPSA) is 18.5 Å². The van der Waals surface area contributed by atoms with Crippen molar-refractivity contribution >= 4 is 0 Å². The second-order valence-corrected chi connectivity index (χ2v) is 5.31. The van der Waals surface area contributed by atoms with Gasteiger partial charge >= 0.3 is 0 Å². The predicted octanol–water partition coefficient (Wildman–Crippen LogP) is 1.26. The molecule has 1 N–H and O–H groups in total. The molecule has 1 aliphatic heterocycles. The molecule has 3 nitrogen and oxygen atoms in total. The first-order valence-electron chi connectivity index (χ1n) is 6.70. The molecule has 1 aliphatic rings. The van der Waals surface area contributed by atoms with Crippen molar-refractivity contribution in [2.45, 2.75) is 32.2 Å². The van der Waals surface area contributed by atoms with Gasteiger partial charge in [-0.2, -0.15) is 0 Å². The third-order valence-corrected chi connectivity index (χ3v) is 3.93. The zero-order valence-electron chi connectivity index (χ0n) is 11.5. The summed E-state index contributed by atoms with van der Waals surface area (Å²) >= 11 is 0. The van der Waals surface area contributed by atoms with Crippen LogP contribution in [0.1, 0.15) is 26.2 Å². The number of likely N-dealkylation sites (tertiary alicyclic amines) is 1. The maximum Gasteiger partial charge on any atom is 0.0117 e. The van der Waals surface area contributed by atoms with E-state index in [1.54, 1.807) is 0 Å². The van der Waals surface area contributed by atoms with Gasteiger partial charge in [0.15, 0.2) is 0 Å². The molecule has 1 heterocycles. The molecule has 0 amide bonds. The van der Waals surface area contributed by atoms with Crippen molar-refractivity contribution < 1.29 is 0 Å². The minimum Gasteiger partial charge on any atom is -0.319 e. The maximum atomic E-state index is 3.30. The van der Waals surface area contributed by atoms with Crippen LogP contribution >= 0.6 is 0 Å². The molecule has 0 saturated carbocycles. The fourth-order valence-corrected chi connectivity index (χ4v) is 2.62. The first-order valence-corrected chi connectivity index (χ1v) is 6.70. The Balaban J connectivity index is 2.30. The van der Waals surface area contributed by atoms with Gasteiger partial charge in [0.05, 0.1) is 0 Å². The Morgan fingerprint density at radius 3 is 2.50 bits per heavy atom. The fraction of sp³-hybridized carbons (Fsp3) is 1.00. The van der Waals surface area contributed by atoms with Gasteiger partial charge in [0, 0.05) is 12.6 Å². The van der Waals surface area contributed by atoms with Crippen LogP contribution in [0.25, 0.3) is 0 Å². The van der Waals surface area contributed by atoms with Gasteiger partial charge in [0.2, 0.25) is 0 Å². The van der Waals surface area contributed by atoms with Crippen LogP contribution in [0.4, 0.5) is 0 Å². The lowest BCUT2D eigenvalue weighted by atomic mass is 10.0. The highest BCUT2D eigenvalue weighted by Crippen LogP contribution is 2.16. The molecule has 96 valence electrons. The van der Waals surface area contributed by atoms with E-state index < -0.39 is 0 Å². The standard InChI is InChI=1S/C13H29N3/c1-5-12(10-14-2)11-16(4)13-6-8-15(3)9-7-13/h12-14H,5-11H2,1-4H3. The molecule has 0 spiro atoms. The van der Waals surface area contributed by atoms with Gasteiger partial charge in [-0.05, 0) is 59.5 Å². The van der Waals surface area contributed by atoms with E-state index in [1.807, 2.05) is 0 Å². The molecule has 16 heavy (non-hydrogen) atoms. The van der Waals surface area contributed by atoms with Gasteiger partial charge in [0.1, 0.15) is 0 Å². The molecular formula is C13H29N3. The van der Waals surface area contributed by atoms with Crippen molar-refractivity contribution in [2.24, 2.45) is 5.92 Å². The van der Waals surface area contributed by atoms with Gasteiger partial charge in [0.25, 0.3) is 0 Å². The highest BCUT2D eigenvalue weighted by molar-refractivity contribution is 4.78. The lowest BCUT2D eigenvalue weighted by Gasteiger charge is -2.36. The normalized spacial score (nSPS) is 21.6. The summed E-state index contributed by atoms with van der Waals surface area (Å²) in [6, 6.07) is 0.808. The SMILES string of the molecule is CCC(CNC)CN(C)C1CCN(C)CC1. The third kappa shape index (κ3) is 4.40. The molecule has 0 aliphatic carbocycles. The van der Waals surface area contributed by atoms with Crippen molar-refractivity contribution in [1.29, 1.82) is 0 Å². The lowest BCUT2D eigenvalue weighted by molar-refractivity contribution is 0.128. The number of hydrogen-bond donors (Lipinski definition) is 1. The van der Waals surface area contributed by atoms with Crippen LogP contribution in [0.5, 0.6) is 0 Å². The minimum absolute atomic E-state index is 0.801. The largest absolute Gasteiger partial charge is 0.319 e. The zero-order valence-corrected chi connectivity index (χ0v) is 11.5. The van der Waals surface area contributed by atoms with E-state index in [1.165, 1.54) is 38.9 Å². The molecule has 1 atom stereocenters. The Bertz CT molecular complexity index is 176. The highest BCUT2D eigenvalue weighted by atomic mass is 15.2. The average molecular weight is 227 g/mol. The van der Waals surface area contributed by atoms with Crippen LogP contribution in [0, 0.1) is 5.92 Å². The van der Waals surface area contributed by atoms with Crippen molar-refractivity contribution in [3.05, 3.63) is 0 Å². The minimum atomic E-state index is 0.801. The Morgan fingerprint density at radius 2 is 2.00 bits per heavy atom. The number of nitrogens with zero attached hydrogens (tertiary/aromatic N) is 2. The Labute approximate surface area is 101 Å². The van der Waals surface area contributed by atoms with Crippen molar-refractivity contribution in [1.82, 2.24) is 15.1 Å². The molecule has 1 saturated heterocycles. The van der Waals surface area contributed by atoms with E-state index in [4.69, 9.17) is 0 Å². The summed E-state index contributed by atoms with van der Waals surface area (Å²) in [5.74, 6) is 0.801. The quantitative estimate of drug-likeness (QED) is 0.737. The summed E-state index contributed by atoms with van der Waals surface area (Å²) in [4.78, 5) is 5.02. The van der Waals surface area contributed by atoms with Crippen LogP contribution in [0.2, 0.25) is 0 Å². The molecule has 0 radical (unpaired) electrons. The molecule has 3 heteroatoms. The zero-order chi connectivity index (χ0) is 12.0. The number of hydrogen-bond acceptors (Lipinski definition) is 3. The summed E-state index contributed by atoms with van der Waals surface area (Å²) in [6.45, 7) is 7.21. The second-order valence-electron chi connectivity index (χ2n) is 5.31. The number of piperidine rings is 1. The summed E-state index contributed by atoms with van der Waals surface area (Å²) in [5.41, 5.74) is 0. The first kappa shape index (κ1) is 13.9. The number of nitrogens with one attached hydrogen (secondary N) is 1. The predicted molar refractivity (Wildman–Crippen MR) is 70.9 cm³/mol. The van der Waals surface area contributed by atoms with E-state index >= 15 is 0 Å². The van der Waals surface area contributed by atoms with Crippen LogP contribution in [-0.2, 0) is 0 Å². The highest BCUT2D eigenvalue weighted by Gasteiger charge is 2.21. The molecular weight excluding hydrogens is 198 g/mol. The molecule has 1 unspecified atom stereocenters. The van der Waals surface area contributed by atoms with Gasteiger partial charge < -0.3 is 15.1 Å². The maximum absolute atomic E-state index is 3.30. The summed E-state index contributed by atoms with van der Waals surface area (Å²) in [6.07, 6.45) is 3.95. The van der Waals surface area contributed by atoms with Crippen molar-refractivity contribution in [2.75, 3.05) is 47.3 Å². The molecule has 0 bridgehead atoms. The van der Waals surface area contributed by atoms with E-state index in [2.05, 4.69) is 43.2 Å². The molecule has 0 aromatic rings. The molecule has 1 rings (SSSR count). The number of rotatable bonds is 6. The summed E-state index contributed by atoms with van der Waals surface area (Å²) in [5, 5.41) is 3.30. The van der Waals surface area contributed by atoms with Crippen LogP contribution in [-0.4, -0.2) is 63.2 Å². The van der Waals surface area contributed by atoms with Crippen LogP contribution in [0.3, 0.4) is 0 Å². The van der Waals surface area contributed by atoms with Gasteiger partial charge in [-0.1, -0.05) is 13.3 Å². The van der Waals surface area contributed by atoms with Gasteiger partial charge in [-0.3, -0.25) is 0 Å². The Morgan fingerprint density at radius 1 is 1.38 bits per heavy atom. The van der Waals surface area contributed by atoms with Crippen molar-refractivity contribution in [3.63, 3.8) is 0 Å². The van der Waals surface area contributed by atoms with Crippen molar-refractivity contribution in [3.8, 4) is 0 Å². The molecule has 0 aromatic heterocycles. The first-order chi connectivity index (χ1) is 7.67. The third-order valence-electron chi connectivity index (χ3n) is 3.93. The van der Waals surface area contributed by atoms with Crippen LogP contribution < -0.4 is 5.32 Å². The van der Waals surface area contributed by atoms with E-state index in [0.29, 0.717) is 0 Å². The molecule has 1 fully saturated rings. The van der Waals surface area contributed by atoms with Gasteiger partial charge in [-0.15, -0.1) is 0 Å². The summed E-state index contributed by atoms with van der Waals surface area (Å²) in [7, 11) is 6.58. The van der Waals surface area contributed by atoms with E-state index in [9.17, 15) is 0 Å². The smallest absolute Gasteiger partial charge is 0.0117 e. The Hall–Kier alpha value is -0.120. The fourth-order valence-electron chi connectivity index (χ4n) is 2.62. The van der Waals surface area contributed by atoms with Crippen LogP contribution in [0.15, 0.2) is 0 Å². The summed E-state index contributed by atoms with van der Waals surface area (Å²) < 4.78 is 0. The molecule has 0 aromatic carbocycles.